The standard InChI is InChI=1S/C22H17ClN4O2/c23-16-7-5-6-15(12-16)21(28)25-13-20-18-9-1-2-10-19(18)22(29)27(26-20)14-17-8-3-4-11-24-17/h1-12H,13-14H2,(H,25,28). The van der Waals surface area contributed by atoms with Crippen molar-refractivity contribution in [2.75, 3.05) is 0 Å². The van der Waals surface area contributed by atoms with Gasteiger partial charge in [-0.2, -0.15) is 5.10 Å². The van der Waals surface area contributed by atoms with Crippen molar-refractivity contribution in [2.24, 2.45) is 0 Å². The van der Waals surface area contributed by atoms with E-state index >= 15 is 0 Å². The summed E-state index contributed by atoms with van der Waals surface area (Å²) in [6, 6.07) is 19.5. The first-order valence-electron chi connectivity index (χ1n) is 9.04. The molecule has 2 heterocycles. The van der Waals surface area contributed by atoms with Gasteiger partial charge in [0, 0.05) is 22.2 Å². The quantitative estimate of drug-likeness (QED) is 0.553. The summed E-state index contributed by atoms with van der Waals surface area (Å²) in [5.41, 5.74) is 1.59. The van der Waals surface area contributed by atoms with Gasteiger partial charge in [0.15, 0.2) is 0 Å². The average Bonchev–Trinajstić information content (AvgIpc) is 2.75. The number of fused-ring (bicyclic) bond motifs is 1. The minimum atomic E-state index is -0.263. The molecule has 0 bridgehead atoms. The maximum absolute atomic E-state index is 12.9. The van der Waals surface area contributed by atoms with Crippen LogP contribution in [-0.4, -0.2) is 20.7 Å². The maximum atomic E-state index is 12.9. The molecule has 4 aromatic rings. The monoisotopic (exact) mass is 404 g/mol. The lowest BCUT2D eigenvalue weighted by Crippen LogP contribution is -2.29. The summed E-state index contributed by atoms with van der Waals surface area (Å²) < 4.78 is 1.38. The van der Waals surface area contributed by atoms with E-state index in [0.29, 0.717) is 27.1 Å². The normalized spacial score (nSPS) is 10.8. The van der Waals surface area contributed by atoms with Crippen molar-refractivity contribution in [3.8, 4) is 0 Å². The molecule has 0 radical (unpaired) electrons. The van der Waals surface area contributed by atoms with Gasteiger partial charge in [-0.15, -0.1) is 0 Å². The molecule has 1 amide bonds. The molecule has 6 nitrogen and oxygen atoms in total. The van der Waals surface area contributed by atoms with E-state index in [-0.39, 0.29) is 24.6 Å². The number of halogens is 1. The van der Waals surface area contributed by atoms with E-state index in [1.807, 2.05) is 36.4 Å². The van der Waals surface area contributed by atoms with Gasteiger partial charge in [-0.05, 0) is 36.4 Å². The summed E-state index contributed by atoms with van der Waals surface area (Å²) in [6.45, 7) is 0.425. The van der Waals surface area contributed by atoms with Gasteiger partial charge < -0.3 is 5.32 Å². The Bertz CT molecular complexity index is 1240. The molecular weight excluding hydrogens is 388 g/mol. The molecule has 0 aliphatic rings. The van der Waals surface area contributed by atoms with Crippen LogP contribution in [0.5, 0.6) is 0 Å². The lowest BCUT2D eigenvalue weighted by Gasteiger charge is -2.12. The molecule has 4 rings (SSSR count). The second kappa shape index (κ2) is 8.24. The molecule has 1 N–H and O–H groups in total. The molecule has 0 saturated carbocycles. The molecule has 2 aromatic carbocycles. The topological polar surface area (TPSA) is 76.9 Å². The van der Waals surface area contributed by atoms with Crippen LogP contribution in [0, 0.1) is 0 Å². The third-order valence-electron chi connectivity index (χ3n) is 4.49. The van der Waals surface area contributed by atoms with Gasteiger partial charge in [0.1, 0.15) is 0 Å². The summed E-state index contributed by atoms with van der Waals surface area (Å²) in [7, 11) is 0. The molecule has 144 valence electrons. The van der Waals surface area contributed by atoms with Crippen LogP contribution in [0.2, 0.25) is 5.02 Å². The number of aromatic nitrogens is 3. The Morgan fingerprint density at radius 1 is 1.00 bits per heavy atom. The third-order valence-corrected chi connectivity index (χ3v) is 4.72. The number of nitrogens with one attached hydrogen (secondary N) is 1. The number of amides is 1. The Hall–Kier alpha value is -3.51. The number of nitrogens with zero attached hydrogens (tertiary/aromatic N) is 3. The van der Waals surface area contributed by atoms with Crippen molar-refractivity contribution in [1.82, 2.24) is 20.1 Å². The molecule has 0 atom stereocenters. The predicted molar refractivity (Wildman–Crippen MR) is 112 cm³/mol. The van der Waals surface area contributed by atoms with Crippen molar-refractivity contribution in [1.29, 1.82) is 0 Å². The first-order chi connectivity index (χ1) is 14.1. The Kier molecular flexibility index (Phi) is 5.35. The van der Waals surface area contributed by atoms with E-state index in [0.717, 1.165) is 5.69 Å². The molecule has 0 aliphatic carbocycles. The fraction of sp³-hybridized carbons (Fsp3) is 0.0909. The van der Waals surface area contributed by atoms with Crippen LogP contribution >= 0.6 is 11.6 Å². The number of hydrogen-bond donors (Lipinski definition) is 1. The first kappa shape index (κ1) is 18.8. The predicted octanol–water partition coefficient (Wildman–Crippen LogP) is 3.42. The lowest BCUT2D eigenvalue weighted by molar-refractivity contribution is 0.0950. The molecule has 7 heteroatoms. The maximum Gasteiger partial charge on any atom is 0.275 e. The Morgan fingerprint density at radius 2 is 1.79 bits per heavy atom. The fourth-order valence-corrected chi connectivity index (χ4v) is 3.27. The molecule has 0 fully saturated rings. The third kappa shape index (κ3) is 4.17. The van der Waals surface area contributed by atoms with E-state index in [4.69, 9.17) is 11.6 Å². The second-order valence-corrected chi connectivity index (χ2v) is 6.91. The molecule has 0 saturated heterocycles. The fourth-order valence-electron chi connectivity index (χ4n) is 3.08. The number of pyridine rings is 1. The van der Waals surface area contributed by atoms with Crippen LogP contribution < -0.4 is 10.9 Å². The van der Waals surface area contributed by atoms with Gasteiger partial charge in [0.25, 0.3) is 11.5 Å². The highest BCUT2D eigenvalue weighted by molar-refractivity contribution is 6.30. The molecular formula is C22H17ClN4O2. The van der Waals surface area contributed by atoms with Crippen molar-refractivity contribution < 1.29 is 4.79 Å². The number of carbonyl (C=O) groups is 1. The molecule has 0 unspecified atom stereocenters. The Morgan fingerprint density at radius 3 is 2.55 bits per heavy atom. The smallest absolute Gasteiger partial charge is 0.275 e. The number of rotatable bonds is 5. The highest BCUT2D eigenvalue weighted by Gasteiger charge is 2.13. The van der Waals surface area contributed by atoms with E-state index in [9.17, 15) is 9.59 Å². The van der Waals surface area contributed by atoms with Gasteiger partial charge >= 0.3 is 0 Å². The zero-order chi connectivity index (χ0) is 20.2. The summed E-state index contributed by atoms with van der Waals surface area (Å²) in [5, 5.41) is 9.10. The van der Waals surface area contributed by atoms with E-state index in [2.05, 4.69) is 15.4 Å². The summed E-state index contributed by atoms with van der Waals surface area (Å²) >= 11 is 5.96. The van der Waals surface area contributed by atoms with Crippen molar-refractivity contribution in [2.45, 2.75) is 13.1 Å². The van der Waals surface area contributed by atoms with Crippen LogP contribution in [0.25, 0.3) is 10.8 Å². The largest absolute Gasteiger partial charge is 0.346 e. The number of hydrogen-bond acceptors (Lipinski definition) is 4. The zero-order valence-corrected chi connectivity index (χ0v) is 16.1. The lowest BCUT2D eigenvalue weighted by atomic mass is 10.1. The van der Waals surface area contributed by atoms with Gasteiger partial charge in [0.05, 0.1) is 29.9 Å². The molecule has 2 aromatic heterocycles. The Labute approximate surface area is 171 Å². The molecule has 0 aliphatic heterocycles. The van der Waals surface area contributed by atoms with Crippen molar-refractivity contribution >= 4 is 28.3 Å². The summed E-state index contributed by atoms with van der Waals surface area (Å²) in [5.74, 6) is -0.263. The molecule has 0 spiro atoms. The summed E-state index contributed by atoms with van der Waals surface area (Å²) in [4.78, 5) is 29.6. The van der Waals surface area contributed by atoms with Crippen molar-refractivity contribution in [3.63, 3.8) is 0 Å². The van der Waals surface area contributed by atoms with E-state index < -0.39 is 0 Å². The number of carbonyl (C=O) groups excluding carboxylic acids is 1. The first-order valence-corrected chi connectivity index (χ1v) is 9.42. The second-order valence-electron chi connectivity index (χ2n) is 6.47. The van der Waals surface area contributed by atoms with Gasteiger partial charge in [-0.1, -0.05) is 41.9 Å². The van der Waals surface area contributed by atoms with E-state index in [1.54, 1.807) is 36.5 Å². The van der Waals surface area contributed by atoms with Crippen LogP contribution in [0.4, 0.5) is 0 Å². The van der Waals surface area contributed by atoms with Crippen LogP contribution in [0.1, 0.15) is 21.7 Å². The van der Waals surface area contributed by atoms with Crippen molar-refractivity contribution in [3.05, 3.63) is 105 Å². The average molecular weight is 405 g/mol. The minimum Gasteiger partial charge on any atom is -0.346 e. The van der Waals surface area contributed by atoms with Gasteiger partial charge in [0.2, 0.25) is 0 Å². The minimum absolute atomic E-state index is 0.175. The highest BCUT2D eigenvalue weighted by Crippen LogP contribution is 2.15. The highest BCUT2D eigenvalue weighted by atomic mass is 35.5. The van der Waals surface area contributed by atoms with Gasteiger partial charge in [-0.25, -0.2) is 4.68 Å². The van der Waals surface area contributed by atoms with Crippen LogP contribution in [-0.2, 0) is 13.1 Å². The summed E-state index contributed by atoms with van der Waals surface area (Å²) in [6.07, 6.45) is 1.67. The van der Waals surface area contributed by atoms with Crippen LogP contribution in [0.15, 0.2) is 77.7 Å². The SMILES string of the molecule is O=C(NCc1nn(Cc2ccccn2)c(=O)c2ccccc12)c1cccc(Cl)c1. The zero-order valence-electron chi connectivity index (χ0n) is 15.4. The van der Waals surface area contributed by atoms with Gasteiger partial charge in [-0.3, -0.25) is 14.6 Å². The molecule has 29 heavy (non-hydrogen) atoms. The van der Waals surface area contributed by atoms with Crippen LogP contribution in [0.3, 0.4) is 0 Å². The number of benzene rings is 2. The van der Waals surface area contributed by atoms with E-state index in [1.165, 1.54) is 4.68 Å². The Balaban J connectivity index is 1.67.